The molecule has 0 aliphatic carbocycles. The summed E-state index contributed by atoms with van der Waals surface area (Å²) in [6.45, 7) is 5.37. The molecular weight excluding hydrogens is 276 g/mol. The summed E-state index contributed by atoms with van der Waals surface area (Å²) in [6.07, 6.45) is 9.86. The van der Waals surface area contributed by atoms with Gasteiger partial charge in [-0.1, -0.05) is 39.0 Å². The maximum absolute atomic E-state index is 4.33. The molecule has 0 fully saturated rings. The first-order valence-electron chi connectivity index (χ1n) is 6.60. The Balaban J connectivity index is 2.11. The predicted octanol–water partition coefficient (Wildman–Crippen LogP) is 4.92. The van der Waals surface area contributed by atoms with Crippen LogP contribution in [-0.4, -0.2) is 11.5 Å². The molecule has 0 bridgehead atoms. The first-order chi connectivity index (χ1) is 8.24. The van der Waals surface area contributed by atoms with Gasteiger partial charge in [0.25, 0.3) is 0 Å². The molecule has 0 radical (unpaired) electrons. The fourth-order valence-corrected chi connectivity index (χ4v) is 1.97. The lowest BCUT2D eigenvalue weighted by Crippen LogP contribution is -2.03. The quantitative estimate of drug-likeness (QED) is 0.689. The van der Waals surface area contributed by atoms with E-state index in [-0.39, 0.29) is 0 Å². The van der Waals surface area contributed by atoms with Crippen molar-refractivity contribution in [3.8, 4) is 0 Å². The van der Waals surface area contributed by atoms with E-state index >= 15 is 0 Å². The molecule has 96 valence electrons. The van der Waals surface area contributed by atoms with Gasteiger partial charge in [-0.3, -0.25) is 0 Å². The van der Waals surface area contributed by atoms with Crippen molar-refractivity contribution >= 4 is 21.7 Å². The van der Waals surface area contributed by atoms with E-state index in [4.69, 9.17) is 0 Å². The number of nitrogens with zero attached hydrogens (tertiary/aromatic N) is 1. The third-order valence-electron chi connectivity index (χ3n) is 2.88. The fourth-order valence-electron chi connectivity index (χ4n) is 1.76. The summed E-state index contributed by atoms with van der Waals surface area (Å²) in [5, 5.41) is 3.37. The molecule has 0 aliphatic rings. The van der Waals surface area contributed by atoms with Crippen molar-refractivity contribution < 1.29 is 0 Å². The number of hydrogen-bond acceptors (Lipinski definition) is 2. The number of rotatable bonds is 8. The van der Waals surface area contributed by atoms with Gasteiger partial charge in [0.2, 0.25) is 0 Å². The first kappa shape index (κ1) is 14.5. The molecule has 1 rings (SSSR count). The van der Waals surface area contributed by atoms with Gasteiger partial charge in [0.15, 0.2) is 0 Å². The van der Waals surface area contributed by atoms with Gasteiger partial charge in [-0.05, 0) is 40.9 Å². The highest BCUT2D eigenvalue weighted by Gasteiger charge is 1.98. The van der Waals surface area contributed by atoms with Gasteiger partial charge in [-0.2, -0.15) is 0 Å². The van der Waals surface area contributed by atoms with Gasteiger partial charge in [-0.25, -0.2) is 4.98 Å². The highest BCUT2D eigenvalue weighted by atomic mass is 79.9. The van der Waals surface area contributed by atoms with Crippen LogP contribution >= 0.6 is 15.9 Å². The molecule has 0 saturated carbocycles. The zero-order valence-electron chi connectivity index (χ0n) is 10.9. The first-order valence-corrected chi connectivity index (χ1v) is 7.39. The summed E-state index contributed by atoms with van der Waals surface area (Å²) in [4.78, 5) is 4.33. The topological polar surface area (TPSA) is 24.9 Å². The second-order valence-corrected chi connectivity index (χ2v) is 5.37. The molecule has 3 heteroatoms. The molecule has 2 nitrogen and oxygen atoms in total. The number of halogens is 1. The number of pyridine rings is 1. The minimum atomic E-state index is 0.985. The average Bonchev–Trinajstić information content (AvgIpc) is 2.32. The monoisotopic (exact) mass is 298 g/mol. The predicted molar refractivity (Wildman–Crippen MR) is 78.5 cm³/mol. The van der Waals surface area contributed by atoms with Crippen LogP contribution in [0.25, 0.3) is 0 Å². The van der Waals surface area contributed by atoms with Crippen LogP contribution in [0.5, 0.6) is 0 Å². The fraction of sp³-hybridized carbons (Fsp3) is 0.643. The molecule has 0 aliphatic heterocycles. The molecule has 1 heterocycles. The Morgan fingerprint density at radius 3 is 2.59 bits per heavy atom. The van der Waals surface area contributed by atoms with E-state index < -0.39 is 0 Å². The summed E-state index contributed by atoms with van der Waals surface area (Å²) in [6, 6.07) is 2.08. The van der Waals surface area contributed by atoms with Crippen molar-refractivity contribution in [1.29, 1.82) is 0 Å². The molecule has 0 saturated heterocycles. The number of anilines is 1. The van der Waals surface area contributed by atoms with Gasteiger partial charge < -0.3 is 5.32 Å². The van der Waals surface area contributed by atoms with Crippen molar-refractivity contribution in [3.05, 3.63) is 22.3 Å². The van der Waals surface area contributed by atoms with Crippen LogP contribution in [0.4, 0.5) is 5.82 Å². The Morgan fingerprint density at radius 1 is 1.18 bits per heavy atom. The van der Waals surface area contributed by atoms with Crippen molar-refractivity contribution in [2.75, 3.05) is 11.9 Å². The van der Waals surface area contributed by atoms with Crippen LogP contribution in [0.2, 0.25) is 0 Å². The van der Waals surface area contributed by atoms with Crippen LogP contribution < -0.4 is 5.32 Å². The molecular formula is C14H23BrN2. The van der Waals surface area contributed by atoms with Gasteiger partial charge in [-0.15, -0.1) is 0 Å². The van der Waals surface area contributed by atoms with Crippen LogP contribution in [0.15, 0.2) is 16.7 Å². The summed E-state index contributed by atoms with van der Waals surface area (Å²) in [5.41, 5.74) is 1.23. The van der Waals surface area contributed by atoms with Crippen molar-refractivity contribution in [1.82, 2.24) is 4.98 Å². The van der Waals surface area contributed by atoms with E-state index in [1.807, 2.05) is 6.20 Å². The van der Waals surface area contributed by atoms with E-state index in [0.29, 0.717) is 0 Å². The van der Waals surface area contributed by atoms with Gasteiger partial charge in [0.1, 0.15) is 5.82 Å². The maximum Gasteiger partial charge on any atom is 0.126 e. The van der Waals surface area contributed by atoms with Crippen molar-refractivity contribution in [2.45, 2.75) is 52.4 Å². The highest BCUT2D eigenvalue weighted by molar-refractivity contribution is 9.10. The molecule has 0 unspecified atom stereocenters. The second kappa shape index (κ2) is 8.51. The van der Waals surface area contributed by atoms with E-state index in [1.54, 1.807) is 0 Å². The third kappa shape index (κ3) is 6.06. The molecule has 0 spiro atoms. The lowest BCUT2D eigenvalue weighted by molar-refractivity contribution is 0.617. The van der Waals surface area contributed by atoms with Crippen molar-refractivity contribution in [3.63, 3.8) is 0 Å². The van der Waals surface area contributed by atoms with E-state index in [0.717, 1.165) is 16.8 Å². The molecule has 1 N–H and O–H groups in total. The Bertz CT molecular complexity index is 326. The standard InChI is InChI=1S/C14H23BrN2/c1-3-4-5-6-7-8-9-16-14-10-12(2)13(15)11-17-14/h10-11H,3-9H2,1-2H3,(H,16,17). The van der Waals surface area contributed by atoms with Gasteiger partial charge in [0.05, 0.1) is 0 Å². The van der Waals surface area contributed by atoms with E-state index in [2.05, 4.69) is 46.1 Å². The number of aromatic nitrogens is 1. The summed E-state index contributed by atoms with van der Waals surface area (Å²) in [7, 11) is 0. The molecule has 0 amide bonds. The Morgan fingerprint density at radius 2 is 1.88 bits per heavy atom. The smallest absolute Gasteiger partial charge is 0.126 e. The average molecular weight is 299 g/mol. The molecule has 17 heavy (non-hydrogen) atoms. The SMILES string of the molecule is CCCCCCCCNc1cc(C)c(Br)cn1. The number of unbranched alkanes of at least 4 members (excludes halogenated alkanes) is 5. The lowest BCUT2D eigenvalue weighted by atomic mass is 10.1. The van der Waals surface area contributed by atoms with Gasteiger partial charge >= 0.3 is 0 Å². The zero-order chi connectivity index (χ0) is 12.5. The maximum atomic E-state index is 4.33. The molecule has 0 aromatic carbocycles. The minimum Gasteiger partial charge on any atom is -0.370 e. The number of nitrogens with one attached hydrogen (secondary N) is 1. The van der Waals surface area contributed by atoms with Gasteiger partial charge in [0, 0.05) is 17.2 Å². The van der Waals surface area contributed by atoms with Crippen LogP contribution in [-0.2, 0) is 0 Å². The van der Waals surface area contributed by atoms with Crippen LogP contribution in [0, 0.1) is 6.92 Å². The molecule has 0 atom stereocenters. The highest BCUT2D eigenvalue weighted by Crippen LogP contribution is 2.17. The summed E-state index contributed by atoms with van der Waals surface area (Å²) >= 11 is 3.46. The largest absolute Gasteiger partial charge is 0.370 e. The zero-order valence-corrected chi connectivity index (χ0v) is 12.5. The third-order valence-corrected chi connectivity index (χ3v) is 3.71. The van der Waals surface area contributed by atoms with Crippen molar-refractivity contribution in [2.24, 2.45) is 0 Å². The number of aryl methyl sites for hydroxylation is 1. The van der Waals surface area contributed by atoms with E-state index in [1.165, 1.54) is 44.1 Å². The summed E-state index contributed by atoms with van der Waals surface area (Å²) in [5.74, 6) is 0.985. The van der Waals surface area contributed by atoms with Crippen LogP contribution in [0.1, 0.15) is 51.0 Å². The lowest BCUT2D eigenvalue weighted by Gasteiger charge is -2.07. The van der Waals surface area contributed by atoms with E-state index in [9.17, 15) is 0 Å². The summed E-state index contributed by atoms with van der Waals surface area (Å²) < 4.78 is 1.07. The molecule has 1 aromatic rings. The Kier molecular flexibility index (Phi) is 7.25. The Labute approximate surface area is 113 Å². The minimum absolute atomic E-state index is 0.985. The molecule has 1 aromatic heterocycles. The normalized spacial score (nSPS) is 10.5. The van der Waals surface area contributed by atoms with Crippen LogP contribution in [0.3, 0.4) is 0 Å². The number of hydrogen-bond donors (Lipinski definition) is 1. The Hall–Kier alpha value is -0.570. The second-order valence-electron chi connectivity index (χ2n) is 4.51.